The smallest absolute Gasteiger partial charge is 0.296 e. The van der Waals surface area contributed by atoms with Crippen molar-refractivity contribution in [2.75, 3.05) is 5.32 Å². The first-order valence-corrected chi connectivity index (χ1v) is 4.24. The van der Waals surface area contributed by atoms with Gasteiger partial charge in [0.15, 0.2) is 0 Å². The number of carbonyl (C=O) groups is 2. The minimum absolute atomic E-state index is 0.0355. The maximum Gasteiger partial charge on any atom is 0.296 e. The summed E-state index contributed by atoms with van der Waals surface area (Å²) in [7, 11) is 0. The van der Waals surface area contributed by atoms with Gasteiger partial charge in [0.1, 0.15) is 5.82 Å². The van der Waals surface area contributed by atoms with Crippen molar-refractivity contribution in [1.29, 1.82) is 0 Å². The number of fused-ring (bicyclic) bond motifs is 1. The van der Waals surface area contributed by atoms with E-state index in [9.17, 15) is 14.0 Å². The molecule has 1 aromatic carbocycles. The highest BCUT2D eigenvalue weighted by Gasteiger charge is 2.31. The monoisotopic (exact) mass is 243 g/mol. The Bertz CT molecular complexity index is 430. The second-order valence-corrected chi connectivity index (χ2v) is 3.36. The van der Waals surface area contributed by atoms with Crippen LogP contribution in [0.25, 0.3) is 0 Å². The minimum atomic E-state index is -0.721. The number of carbonyl (C=O) groups excluding carboxylic acids is 2. The lowest BCUT2D eigenvalue weighted by molar-refractivity contribution is -0.112. The molecule has 1 aliphatic rings. The Morgan fingerprint density at radius 2 is 2.00 bits per heavy atom. The van der Waals surface area contributed by atoms with Crippen molar-refractivity contribution in [2.45, 2.75) is 0 Å². The van der Waals surface area contributed by atoms with Crippen molar-refractivity contribution in [3.8, 4) is 0 Å². The lowest BCUT2D eigenvalue weighted by atomic mass is 10.1. The van der Waals surface area contributed by atoms with Crippen LogP contribution in [0, 0.1) is 5.82 Å². The van der Waals surface area contributed by atoms with E-state index in [1.165, 1.54) is 12.1 Å². The first kappa shape index (κ1) is 8.37. The molecule has 0 aromatic heterocycles. The predicted octanol–water partition coefficient (Wildman–Crippen LogP) is 1.72. The van der Waals surface area contributed by atoms with Crippen molar-refractivity contribution >= 4 is 33.3 Å². The summed E-state index contributed by atoms with van der Waals surface area (Å²) in [6, 6.07) is 2.54. The second-order valence-electron chi connectivity index (χ2n) is 2.57. The van der Waals surface area contributed by atoms with Crippen molar-refractivity contribution in [3.63, 3.8) is 0 Å². The Kier molecular flexibility index (Phi) is 1.69. The molecule has 1 N–H and O–H groups in total. The summed E-state index contributed by atoms with van der Waals surface area (Å²) in [5.74, 6) is -1.98. The molecule has 0 saturated carbocycles. The molecule has 0 aliphatic carbocycles. The van der Waals surface area contributed by atoms with Crippen molar-refractivity contribution in [3.05, 3.63) is 28.0 Å². The molecule has 0 atom stereocenters. The molecular formula is C8H3BrFNO2. The van der Waals surface area contributed by atoms with E-state index in [2.05, 4.69) is 21.2 Å². The highest BCUT2D eigenvalue weighted by atomic mass is 79.9. The summed E-state index contributed by atoms with van der Waals surface area (Å²) >= 11 is 2.91. The van der Waals surface area contributed by atoms with Crippen molar-refractivity contribution in [2.24, 2.45) is 0 Å². The summed E-state index contributed by atoms with van der Waals surface area (Å²) in [6.07, 6.45) is 0. The number of Topliss-reactive ketones (excluding diaryl/α,β-unsaturated/α-hetero) is 1. The molecule has 13 heavy (non-hydrogen) atoms. The van der Waals surface area contributed by atoms with Gasteiger partial charge in [-0.25, -0.2) is 4.39 Å². The van der Waals surface area contributed by atoms with E-state index in [0.29, 0.717) is 5.69 Å². The molecule has 2 rings (SSSR count). The highest BCUT2D eigenvalue weighted by Crippen LogP contribution is 2.31. The number of anilines is 1. The second kappa shape index (κ2) is 2.63. The van der Waals surface area contributed by atoms with Gasteiger partial charge in [-0.3, -0.25) is 9.59 Å². The fourth-order valence-corrected chi connectivity index (χ4v) is 1.70. The normalized spacial score (nSPS) is 14.3. The zero-order valence-corrected chi connectivity index (χ0v) is 7.81. The van der Waals surface area contributed by atoms with Gasteiger partial charge >= 0.3 is 0 Å². The SMILES string of the molecule is O=C1Nc2ccc(F)c(Br)c2C1=O. The fourth-order valence-electron chi connectivity index (χ4n) is 1.17. The molecule has 0 fully saturated rings. The molecular weight excluding hydrogens is 241 g/mol. The van der Waals surface area contributed by atoms with Crippen LogP contribution < -0.4 is 5.32 Å². The van der Waals surface area contributed by atoms with Crippen LogP contribution in [-0.2, 0) is 4.79 Å². The average molecular weight is 244 g/mol. The van der Waals surface area contributed by atoms with Crippen molar-refractivity contribution < 1.29 is 14.0 Å². The lowest BCUT2D eigenvalue weighted by Crippen LogP contribution is -2.12. The number of nitrogens with one attached hydrogen (secondary N) is 1. The van der Waals surface area contributed by atoms with E-state index in [0.717, 1.165) is 0 Å². The molecule has 66 valence electrons. The van der Waals surface area contributed by atoms with E-state index in [1.807, 2.05) is 0 Å². The van der Waals surface area contributed by atoms with E-state index in [-0.39, 0.29) is 10.0 Å². The molecule has 1 heterocycles. The third kappa shape index (κ3) is 1.07. The number of hydrogen-bond donors (Lipinski definition) is 1. The van der Waals surface area contributed by atoms with E-state index in [1.54, 1.807) is 0 Å². The summed E-state index contributed by atoms with van der Waals surface area (Å²) in [4.78, 5) is 22.1. The molecule has 0 radical (unpaired) electrons. The molecule has 1 amide bonds. The number of ketones is 1. The largest absolute Gasteiger partial charge is 0.318 e. The molecule has 0 bridgehead atoms. The Morgan fingerprint density at radius 3 is 2.69 bits per heavy atom. The van der Waals surface area contributed by atoms with Crippen LogP contribution in [-0.4, -0.2) is 11.7 Å². The van der Waals surface area contributed by atoms with Gasteiger partial charge < -0.3 is 5.32 Å². The van der Waals surface area contributed by atoms with Crippen LogP contribution in [0.15, 0.2) is 16.6 Å². The van der Waals surface area contributed by atoms with E-state index < -0.39 is 17.5 Å². The van der Waals surface area contributed by atoms with Crippen LogP contribution in [0.5, 0.6) is 0 Å². The highest BCUT2D eigenvalue weighted by molar-refractivity contribution is 9.10. The van der Waals surface area contributed by atoms with Crippen LogP contribution in [0.4, 0.5) is 10.1 Å². The number of halogens is 2. The summed E-state index contributed by atoms with van der Waals surface area (Å²) in [5, 5.41) is 2.33. The zero-order valence-electron chi connectivity index (χ0n) is 6.23. The molecule has 3 nitrogen and oxygen atoms in total. The Morgan fingerprint density at radius 1 is 1.31 bits per heavy atom. The maximum atomic E-state index is 12.9. The first-order valence-electron chi connectivity index (χ1n) is 3.45. The predicted molar refractivity (Wildman–Crippen MR) is 47.1 cm³/mol. The third-order valence-electron chi connectivity index (χ3n) is 1.78. The van der Waals surface area contributed by atoms with Crippen LogP contribution in [0.2, 0.25) is 0 Å². The van der Waals surface area contributed by atoms with Gasteiger partial charge in [0.25, 0.3) is 11.7 Å². The van der Waals surface area contributed by atoms with Gasteiger partial charge in [0, 0.05) is 0 Å². The van der Waals surface area contributed by atoms with Gasteiger partial charge in [0.2, 0.25) is 0 Å². The number of benzene rings is 1. The summed E-state index contributed by atoms with van der Waals surface area (Å²) in [5.41, 5.74) is 0.424. The fraction of sp³-hybridized carbons (Fsp3) is 0. The molecule has 1 aromatic rings. The standard InChI is InChI=1S/C8H3BrFNO2/c9-6-3(10)1-2-4-5(6)7(12)8(13)11-4/h1-2H,(H,11,12,13). The summed E-state index contributed by atoms with van der Waals surface area (Å²) in [6.45, 7) is 0. The van der Waals surface area contributed by atoms with Gasteiger partial charge in [0.05, 0.1) is 15.7 Å². The molecule has 5 heteroatoms. The number of rotatable bonds is 0. The first-order chi connectivity index (χ1) is 6.11. The van der Waals surface area contributed by atoms with Crippen LogP contribution in [0.1, 0.15) is 10.4 Å². The van der Waals surface area contributed by atoms with Gasteiger partial charge in [-0.15, -0.1) is 0 Å². The Hall–Kier alpha value is -1.23. The quantitative estimate of drug-likeness (QED) is 0.706. The number of amides is 1. The summed E-state index contributed by atoms with van der Waals surface area (Å²) < 4.78 is 13.0. The molecule has 0 unspecified atom stereocenters. The average Bonchev–Trinajstić information content (AvgIpc) is 2.37. The maximum absolute atomic E-state index is 12.9. The van der Waals surface area contributed by atoms with Gasteiger partial charge in [-0.2, -0.15) is 0 Å². The van der Waals surface area contributed by atoms with Crippen LogP contribution >= 0.6 is 15.9 Å². The van der Waals surface area contributed by atoms with E-state index >= 15 is 0 Å². The number of hydrogen-bond acceptors (Lipinski definition) is 2. The van der Waals surface area contributed by atoms with Crippen LogP contribution in [0.3, 0.4) is 0 Å². The lowest BCUT2D eigenvalue weighted by Gasteiger charge is -1.99. The topological polar surface area (TPSA) is 46.2 Å². The Balaban J connectivity index is 2.73. The molecule has 1 aliphatic heterocycles. The zero-order chi connectivity index (χ0) is 9.59. The third-order valence-corrected chi connectivity index (χ3v) is 2.55. The van der Waals surface area contributed by atoms with Gasteiger partial charge in [-0.05, 0) is 28.1 Å². The van der Waals surface area contributed by atoms with E-state index in [4.69, 9.17) is 0 Å². The molecule has 0 spiro atoms. The Labute approximate surface area is 81.1 Å². The van der Waals surface area contributed by atoms with Crippen molar-refractivity contribution in [1.82, 2.24) is 0 Å². The minimum Gasteiger partial charge on any atom is -0.318 e. The van der Waals surface area contributed by atoms with Gasteiger partial charge in [-0.1, -0.05) is 0 Å². The molecule has 0 saturated heterocycles.